The molecule has 1 atom stereocenters. The first-order valence-corrected chi connectivity index (χ1v) is 6.30. The Morgan fingerprint density at radius 2 is 1.95 bits per heavy atom. The molecule has 0 saturated carbocycles. The van der Waals surface area contributed by atoms with Crippen molar-refractivity contribution in [3.63, 3.8) is 0 Å². The molecule has 0 bridgehead atoms. The normalized spacial score (nSPS) is 11.7. The van der Waals surface area contributed by atoms with Gasteiger partial charge in [-0.15, -0.1) is 0 Å². The summed E-state index contributed by atoms with van der Waals surface area (Å²) in [6, 6.07) is 3.43. The van der Waals surface area contributed by atoms with Crippen LogP contribution in [-0.2, 0) is 9.59 Å². The Bertz CT molecular complexity index is 406. The fraction of sp³-hybridized carbons (Fsp3) is 0.462. The van der Waals surface area contributed by atoms with E-state index in [9.17, 15) is 9.59 Å². The van der Waals surface area contributed by atoms with E-state index < -0.39 is 0 Å². The van der Waals surface area contributed by atoms with E-state index in [1.165, 1.54) is 0 Å². The third-order valence-electron chi connectivity index (χ3n) is 2.47. The number of carbonyl (C=O) groups excluding carboxylic acids is 2. The van der Waals surface area contributed by atoms with Crippen molar-refractivity contribution in [2.45, 2.75) is 32.2 Å². The largest absolute Gasteiger partial charge is 0.356 e. The van der Waals surface area contributed by atoms with Crippen molar-refractivity contribution in [1.82, 2.24) is 10.3 Å². The van der Waals surface area contributed by atoms with Crippen LogP contribution in [0.3, 0.4) is 0 Å². The van der Waals surface area contributed by atoms with Crippen LogP contribution in [0.1, 0.15) is 26.2 Å². The molecule has 0 aromatic carbocycles. The molecule has 2 amide bonds. The minimum absolute atomic E-state index is 0.0146. The van der Waals surface area contributed by atoms with Crippen LogP contribution in [0.2, 0.25) is 0 Å². The minimum Gasteiger partial charge on any atom is -0.356 e. The van der Waals surface area contributed by atoms with E-state index in [-0.39, 0.29) is 24.3 Å². The van der Waals surface area contributed by atoms with Crippen molar-refractivity contribution in [2.24, 2.45) is 5.73 Å². The first-order valence-electron chi connectivity index (χ1n) is 6.30. The summed E-state index contributed by atoms with van der Waals surface area (Å²) in [7, 11) is 0. The van der Waals surface area contributed by atoms with Gasteiger partial charge in [-0.1, -0.05) is 0 Å². The van der Waals surface area contributed by atoms with Crippen LogP contribution < -0.4 is 16.4 Å². The summed E-state index contributed by atoms with van der Waals surface area (Å²) >= 11 is 0. The van der Waals surface area contributed by atoms with Gasteiger partial charge < -0.3 is 16.4 Å². The number of hydrogen-bond acceptors (Lipinski definition) is 4. The Hall–Kier alpha value is -1.95. The fourth-order valence-electron chi connectivity index (χ4n) is 1.42. The smallest absolute Gasteiger partial charge is 0.226 e. The summed E-state index contributed by atoms with van der Waals surface area (Å²) < 4.78 is 0. The maximum absolute atomic E-state index is 11.6. The molecule has 0 fully saturated rings. The average Bonchev–Trinajstić information content (AvgIpc) is 2.37. The van der Waals surface area contributed by atoms with Crippen molar-refractivity contribution < 1.29 is 9.59 Å². The number of nitrogens with zero attached hydrogens (tertiary/aromatic N) is 1. The number of aromatic nitrogens is 1. The lowest BCUT2D eigenvalue weighted by molar-refractivity contribution is -0.121. The second-order valence-electron chi connectivity index (χ2n) is 4.40. The standard InChI is InChI=1S/C13H20N4O2/c1-10(14)2-3-12(18)16-9-6-13(19)17-11-4-7-15-8-5-11/h4-5,7-8,10H,2-3,6,9,14H2,1H3,(H,16,18)(H,15,17,19). The van der Waals surface area contributed by atoms with Crippen molar-refractivity contribution in [3.05, 3.63) is 24.5 Å². The Labute approximate surface area is 112 Å². The van der Waals surface area contributed by atoms with E-state index in [4.69, 9.17) is 5.73 Å². The van der Waals surface area contributed by atoms with Crippen molar-refractivity contribution in [1.29, 1.82) is 0 Å². The first-order chi connectivity index (χ1) is 9.08. The Kier molecular flexibility index (Phi) is 6.52. The molecule has 0 radical (unpaired) electrons. The predicted molar refractivity (Wildman–Crippen MR) is 73.4 cm³/mol. The Morgan fingerprint density at radius 1 is 1.26 bits per heavy atom. The first kappa shape index (κ1) is 15.1. The number of rotatable bonds is 7. The average molecular weight is 264 g/mol. The quantitative estimate of drug-likeness (QED) is 0.673. The molecular weight excluding hydrogens is 244 g/mol. The van der Waals surface area contributed by atoms with Crippen LogP contribution in [-0.4, -0.2) is 29.4 Å². The highest BCUT2D eigenvalue weighted by Gasteiger charge is 2.05. The van der Waals surface area contributed by atoms with Crippen LogP contribution in [0.4, 0.5) is 5.69 Å². The van der Waals surface area contributed by atoms with Crippen LogP contribution in [0.25, 0.3) is 0 Å². The highest BCUT2D eigenvalue weighted by molar-refractivity contribution is 5.91. The zero-order valence-corrected chi connectivity index (χ0v) is 11.1. The van der Waals surface area contributed by atoms with E-state index in [2.05, 4.69) is 15.6 Å². The summed E-state index contributed by atoms with van der Waals surface area (Å²) in [5, 5.41) is 5.40. The van der Waals surface area contributed by atoms with Crippen molar-refractivity contribution in [2.75, 3.05) is 11.9 Å². The number of pyridine rings is 1. The van der Waals surface area contributed by atoms with Gasteiger partial charge in [-0.2, -0.15) is 0 Å². The molecule has 1 heterocycles. The maximum atomic E-state index is 11.6. The summed E-state index contributed by atoms with van der Waals surface area (Å²) in [4.78, 5) is 26.8. The number of anilines is 1. The van der Waals surface area contributed by atoms with Gasteiger partial charge in [-0.25, -0.2) is 0 Å². The molecule has 6 nitrogen and oxygen atoms in total. The van der Waals surface area contributed by atoms with Crippen molar-refractivity contribution in [3.8, 4) is 0 Å². The second-order valence-corrected chi connectivity index (χ2v) is 4.40. The number of hydrogen-bond donors (Lipinski definition) is 3. The van der Waals surface area contributed by atoms with E-state index in [0.29, 0.717) is 25.1 Å². The zero-order valence-electron chi connectivity index (χ0n) is 11.1. The molecule has 1 aromatic rings. The van der Waals surface area contributed by atoms with Crippen LogP contribution in [0, 0.1) is 0 Å². The molecular formula is C13H20N4O2. The second kappa shape index (κ2) is 8.20. The SMILES string of the molecule is CC(N)CCC(=O)NCCC(=O)Nc1ccncc1. The van der Waals surface area contributed by atoms with E-state index >= 15 is 0 Å². The van der Waals surface area contributed by atoms with E-state index in [1.54, 1.807) is 24.5 Å². The van der Waals surface area contributed by atoms with Crippen molar-refractivity contribution >= 4 is 17.5 Å². The van der Waals surface area contributed by atoms with Gasteiger partial charge in [0.05, 0.1) is 0 Å². The van der Waals surface area contributed by atoms with E-state index in [1.807, 2.05) is 6.92 Å². The lowest BCUT2D eigenvalue weighted by atomic mass is 10.2. The zero-order chi connectivity index (χ0) is 14.1. The Balaban J connectivity index is 2.15. The molecule has 6 heteroatoms. The third-order valence-corrected chi connectivity index (χ3v) is 2.47. The summed E-state index contributed by atoms with van der Waals surface area (Å²) in [6.45, 7) is 2.18. The summed E-state index contributed by atoms with van der Waals surface area (Å²) in [5.74, 6) is -0.215. The molecule has 0 aliphatic carbocycles. The lowest BCUT2D eigenvalue weighted by Crippen LogP contribution is -2.29. The molecule has 104 valence electrons. The van der Waals surface area contributed by atoms with E-state index in [0.717, 1.165) is 0 Å². The molecule has 0 saturated heterocycles. The highest BCUT2D eigenvalue weighted by atomic mass is 16.2. The van der Waals surface area contributed by atoms with Gasteiger partial charge in [-0.05, 0) is 25.5 Å². The molecule has 0 aliphatic rings. The minimum atomic E-state index is -0.140. The predicted octanol–water partition coefficient (Wildman–Crippen LogP) is 0.654. The molecule has 19 heavy (non-hydrogen) atoms. The van der Waals surface area contributed by atoms with Crippen LogP contribution in [0.5, 0.6) is 0 Å². The van der Waals surface area contributed by atoms with Gasteiger partial charge in [0.1, 0.15) is 0 Å². The van der Waals surface area contributed by atoms with Crippen LogP contribution >= 0.6 is 0 Å². The number of nitrogens with one attached hydrogen (secondary N) is 2. The third kappa shape index (κ3) is 7.15. The van der Waals surface area contributed by atoms with Crippen LogP contribution in [0.15, 0.2) is 24.5 Å². The number of nitrogens with two attached hydrogens (primary N) is 1. The van der Waals surface area contributed by atoms with Gasteiger partial charge in [0.2, 0.25) is 11.8 Å². The van der Waals surface area contributed by atoms with Gasteiger partial charge in [0.15, 0.2) is 0 Å². The maximum Gasteiger partial charge on any atom is 0.226 e. The number of amides is 2. The van der Waals surface area contributed by atoms with Gasteiger partial charge in [0.25, 0.3) is 0 Å². The summed E-state index contributed by atoms with van der Waals surface area (Å²) in [5.41, 5.74) is 6.25. The summed E-state index contributed by atoms with van der Waals surface area (Å²) in [6.07, 6.45) is 4.49. The highest BCUT2D eigenvalue weighted by Crippen LogP contribution is 2.03. The molecule has 1 rings (SSSR count). The monoisotopic (exact) mass is 264 g/mol. The van der Waals surface area contributed by atoms with Gasteiger partial charge >= 0.3 is 0 Å². The molecule has 0 spiro atoms. The molecule has 0 aliphatic heterocycles. The topological polar surface area (TPSA) is 97.1 Å². The molecule has 1 aromatic heterocycles. The van der Waals surface area contributed by atoms with Gasteiger partial charge in [0, 0.05) is 43.5 Å². The molecule has 4 N–H and O–H groups in total. The van der Waals surface area contributed by atoms with Gasteiger partial charge in [-0.3, -0.25) is 14.6 Å². The molecule has 1 unspecified atom stereocenters. The Morgan fingerprint density at radius 3 is 2.58 bits per heavy atom. The number of carbonyl (C=O) groups is 2. The fourth-order valence-corrected chi connectivity index (χ4v) is 1.42. The lowest BCUT2D eigenvalue weighted by Gasteiger charge is -2.07.